The van der Waals surface area contributed by atoms with Crippen molar-refractivity contribution in [1.82, 2.24) is 10.2 Å². The molecule has 0 saturated carbocycles. The van der Waals surface area contributed by atoms with Gasteiger partial charge in [-0.05, 0) is 35.9 Å². The number of alkyl carbamates (subject to hydrolysis) is 1. The summed E-state index contributed by atoms with van der Waals surface area (Å²) in [6.45, 7) is 1.26. The fraction of sp³-hybridized carbons (Fsp3) is 0.391. The van der Waals surface area contributed by atoms with E-state index in [0.29, 0.717) is 38.8 Å². The molecule has 0 radical (unpaired) electrons. The smallest absolute Gasteiger partial charge is 0.407 e. The zero-order chi connectivity index (χ0) is 21.9. The fourth-order valence-corrected chi connectivity index (χ4v) is 3.66. The zero-order valence-electron chi connectivity index (χ0n) is 17.4. The minimum Gasteiger partial charge on any atom is -0.445 e. The lowest BCUT2D eigenvalue weighted by Gasteiger charge is -2.23. The summed E-state index contributed by atoms with van der Waals surface area (Å²) in [6, 6.07) is 18.6. The van der Waals surface area contributed by atoms with Gasteiger partial charge in [-0.15, -0.1) is 0 Å². The molecule has 2 atom stereocenters. The van der Waals surface area contributed by atoms with Crippen LogP contribution in [0.25, 0.3) is 10.4 Å². The van der Waals surface area contributed by atoms with Crippen molar-refractivity contribution in [2.24, 2.45) is 5.11 Å². The van der Waals surface area contributed by atoms with Gasteiger partial charge in [-0.1, -0.05) is 65.8 Å². The minimum absolute atomic E-state index is 0.0506. The SMILES string of the molecule is [N-]=[N+]=N[C@@H](CCN1CC[C@H](NC(=O)OCc2ccccc2)CCC1=O)c1ccccc1. The van der Waals surface area contributed by atoms with E-state index in [1.54, 1.807) is 4.90 Å². The molecule has 2 aromatic carbocycles. The monoisotopic (exact) mass is 421 g/mol. The maximum atomic E-state index is 12.5. The van der Waals surface area contributed by atoms with E-state index >= 15 is 0 Å². The van der Waals surface area contributed by atoms with Gasteiger partial charge >= 0.3 is 6.09 Å². The van der Waals surface area contributed by atoms with Crippen molar-refractivity contribution < 1.29 is 14.3 Å². The summed E-state index contributed by atoms with van der Waals surface area (Å²) in [5.41, 5.74) is 10.8. The summed E-state index contributed by atoms with van der Waals surface area (Å²) in [5.74, 6) is 0.0506. The van der Waals surface area contributed by atoms with Crippen molar-refractivity contribution in [2.75, 3.05) is 13.1 Å². The first-order chi connectivity index (χ1) is 15.2. The summed E-state index contributed by atoms with van der Waals surface area (Å²) in [7, 11) is 0. The van der Waals surface area contributed by atoms with Gasteiger partial charge in [0.2, 0.25) is 5.91 Å². The van der Waals surface area contributed by atoms with Gasteiger partial charge in [0.25, 0.3) is 0 Å². The second-order valence-corrected chi connectivity index (χ2v) is 7.53. The van der Waals surface area contributed by atoms with E-state index in [1.165, 1.54) is 0 Å². The van der Waals surface area contributed by atoms with Crippen molar-refractivity contribution in [3.8, 4) is 0 Å². The molecule has 8 nitrogen and oxygen atoms in total. The number of carbonyl (C=O) groups excluding carboxylic acids is 2. The zero-order valence-corrected chi connectivity index (χ0v) is 17.4. The molecule has 0 aliphatic carbocycles. The third-order valence-electron chi connectivity index (χ3n) is 5.39. The van der Waals surface area contributed by atoms with Crippen LogP contribution in [-0.2, 0) is 16.1 Å². The van der Waals surface area contributed by atoms with E-state index in [2.05, 4.69) is 15.3 Å². The van der Waals surface area contributed by atoms with E-state index in [0.717, 1.165) is 11.1 Å². The topological polar surface area (TPSA) is 107 Å². The second kappa shape index (κ2) is 11.6. The van der Waals surface area contributed by atoms with Crippen molar-refractivity contribution in [3.05, 3.63) is 82.2 Å². The van der Waals surface area contributed by atoms with Crippen LogP contribution < -0.4 is 5.32 Å². The van der Waals surface area contributed by atoms with Crippen LogP contribution in [0.4, 0.5) is 4.79 Å². The molecule has 31 heavy (non-hydrogen) atoms. The molecule has 1 aliphatic heterocycles. The summed E-state index contributed by atoms with van der Waals surface area (Å²) in [6.07, 6.45) is 1.68. The van der Waals surface area contributed by atoms with Gasteiger partial charge < -0.3 is 15.0 Å². The number of amides is 2. The molecule has 0 bridgehead atoms. The van der Waals surface area contributed by atoms with Crippen LogP contribution in [0, 0.1) is 0 Å². The number of nitrogens with one attached hydrogen (secondary N) is 1. The molecule has 0 spiro atoms. The Morgan fingerprint density at radius 2 is 1.87 bits per heavy atom. The molecule has 0 unspecified atom stereocenters. The van der Waals surface area contributed by atoms with E-state index < -0.39 is 6.09 Å². The van der Waals surface area contributed by atoms with Crippen molar-refractivity contribution >= 4 is 12.0 Å². The molecule has 1 aliphatic rings. The summed E-state index contributed by atoms with van der Waals surface area (Å²) < 4.78 is 5.29. The minimum atomic E-state index is -0.470. The van der Waals surface area contributed by atoms with Crippen LogP contribution in [0.1, 0.15) is 42.9 Å². The third-order valence-corrected chi connectivity index (χ3v) is 5.39. The Hall–Kier alpha value is -3.51. The molecular formula is C23H27N5O3. The Labute approximate surface area is 181 Å². The molecule has 162 valence electrons. The Kier molecular flexibility index (Phi) is 8.31. The molecule has 8 heteroatoms. The number of hydrogen-bond acceptors (Lipinski definition) is 4. The quantitative estimate of drug-likeness (QED) is 0.378. The summed E-state index contributed by atoms with van der Waals surface area (Å²) in [4.78, 5) is 29.4. The first-order valence-corrected chi connectivity index (χ1v) is 10.5. The van der Waals surface area contributed by atoms with Gasteiger partial charge in [-0.3, -0.25) is 4.79 Å². The van der Waals surface area contributed by atoms with Crippen LogP contribution in [0.3, 0.4) is 0 Å². The first-order valence-electron chi connectivity index (χ1n) is 10.5. The first kappa shape index (κ1) is 22.2. The van der Waals surface area contributed by atoms with E-state index in [-0.39, 0.29) is 24.6 Å². The predicted molar refractivity (Wildman–Crippen MR) is 117 cm³/mol. The van der Waals surface area contributed by atoms with Crippen LogP contribution in [0.15, 0.2) is 65.8 Å². The molecule has 1 heterocycles. The van der Waals surface area contributed by atoms with Crippen LogP contribution in [0.2, 0.25) is 0 Å². The van der Waals surface area contributed by atoms with Crippen molar-refractivity contribution in [3.63, 3.8) is 0 Å². The average Bonchev–Trinajstić information content (AvgIpc) is 2.98. The Morgan fingerprint density at radius 3 is 2.58 bits per heavy atom. The van der Waals surface area contributed by atoms with Gasteiger partial charge in [0.1, 0.15) is 6.61 Å². The average molecular weight is 422 g/mol. The number of carbonyl (C=O) groups is 2. The molecule has 2 aromatic rings. The second-order valence-electron chi connectivity index (χ2n) is 7.53. The maximum absolute atomic E-state index is 12.5. The lowest BCUT2D eigenvalue weighted by molar-refractivity contribution is -0.130. The summed E-state index contributed by atoms with van der Waals surface area (Å²) >= 11 is 0. The van der Waals surface area contributed by atoms with Gasteiger partial charge in [-0.25, -0.2) is 4.79 Å². The number of benzene rings is 2. The van der Waals surface area contributed by atoms with Crippen LogP contribution in [0.5, 0.6) is 0 Å². The lowest BCUT2D eigenvalue weighted by atomic mass is 10.0. The number of hydrogen-bond donors (Lipinski definition) is 1. The van der Waals surface area contributed by atoms with Gasteiger partial charge in [0.15, 0.2) is 0 Å². The highest BCUT2D eigenvalue weighted by Gasteiger charge is 2.24. The molecule has 1 N–H and O–H groups in total. The number of azide groups is 1. The molecule has 1 saturated heterocycles. The van der Waals surface area contributed by atoms with Gasteiger partial charge in [0, 0.05) is 30.5 Å². The highest BCUT2D eigenvalue weighted by atomic mass is 16.5. The van der Waals surface area contributed by atoms with Crippen molar-refractivity contribution in [2.45, 2.75) is 44.4 Å². The fourth-order valence-electron chi connectivity index (χ4n) is 3.66. The lowest BCUT2D eigenvalue weighted by Crippen LogP contribution is -2.36. The molecule has 1 fully saturated rings. The number of ether oxygens (including phenoxy) is 1. The predicted octanol–water partition coefficient (Wildman–Crippen LogP) is 4.74. The number of rotatable bonds is 8. The van der Waals surface area contributed by atoms with Crippen LogP contribution in [-0.4, -0.2) is 36.0 Å². The maximum Gasteiger partial charge on any atom is 0.407 e. The molecule has 2 amide bonds. The Balaban J connectivity index is 1.47. The van der Waals surface area contributed by atoms with E-state index in [9.17, 15) is 9.59 Å². The Morgan fingerprint density at radius 1 is 1.16 bits per heavy atom. The molecule has 3 rings (SSSR count). The molecule has 0 aromatic heterocycles. The number of nitrogens with zero attached hydrogens (tertiary/aromatic N) is 4. The standard InChI is InChI=1S/C23H27N5O3/c24-27-26-21(19-9-5-2-6-10-19)14-16-28-15-13-20(11-12-22(28)29)25-23(30)31-17-18-7-3-1-4-8-18/h1-10,20-21H,11-17H2,(H,25,30)/t20-,21+/m1/s1. The largest absolute Gasteiger partial charge is 0.445 e. The van der Waals surface area contributed by atoms with E-state index in [1.807, 2.05) is 60.7 Å². The van der Waals surface area contributed by atoms with Gasteiger partial charge in [0.05, 0.1) is 6.04 Å². The normalized spacial score (nSPS) is 17.2. The van der Waals surface area contributed by atoms with E-state index in [4.69, 9.17) is 10.3 Å². The summed E-state index contributed by atoms with van der Waals surface area (Å²) in [5, 5.41) is 6.77. The number of likely N-dealkylation sites (tertiary alicyclic amines) is 1. The Bertz CT molecular complexity index is 900. The highest BCUT2D eigenvalue weighted by Crippen LogP contribution is 2.23. The van der Waals surface area contributed by atoms with Gasteiger partial charge in [-0.2, -0.15) is 0 Å². The van der Waals surface area contributed by atoms with Crippen molar-refractivity contribution in [1.29, 1.82) is 0 Å². The van der Waals surface area contributed by atoms with Crippen LogP contribution >= 0.6 is 0 Å². The highest BCUT2D eigenvalue weighted by molar-refractivity contribution is 5.76. The third kappa shape index (κ3) is 7.04. The molecular weight excluding hydrogens is 394 g/mol.